The van der Waals surface area contributed by atoms with E-state index in [1.165, 1.54) is 0 Å². The number of halogens is 1. The normalized spacial score (nSPS) is 16.6. The van der Waals surface area contributed by atoms with Gasteiger partial charge in [-0.05, 0) is 51.4 Å². The molecule has 0 bridgehead atoms. The Bertz CT molecular complexity index is 692. The molecule has 26 heavy (non-hydrogen) atoms. The predicted octanol–water partition coefficient (Wildman–Crippen LogP) is 2.72. The highest BCUT2D eigenvalue weighted by atomic mass is 35.5. The lowest BCUT2D eigenvalue weighted by Gasteiger charge is -2.22. The van der Waals surface area contributed by atoms with Crippen LogP contribution in [0.4, 0.5) is 11.5 Å². The quantitative estimate of drug-likeness (QED) is 0.808. The van der Waals surface area contributed by atoms with Crippen molar-refractivity contribution < 1.29 is 4.79 Å². The fraction of sp³-hybridized carbons (Fsp3) is 0.500. The Morgan fingerprint density at radius 1 is 1.35 bits per heavy atom. The van der Waals surface area contributed by atoms with Crippen molar-refractivity contribution >= 4 is 29.8 Å². The first-order valence-electron chi connectivity index (χ1n) is 8.99. The zero-order valence-electron chi connectivity index (χ0n) is 15.3. The molecule has 2 N–H and O–H groups in total. The van der Waals surface area contributed by atoms with Crippen LogP contribution in [0.2, 0.25) is 0 Å². The van der Waals surface area contributed by atoms with Gasteiger partial charge in [0.2, 0.25) is 0 Å². The minimum absolute atomic E-state index is 0. The van der Waals surface area contributed by atoms with Crippen LogP contribution in [-0.4, -0.2) is 46.9 Å². The van der Waals surface area contributed by atoms with Crippen molar-refractivity contribution in [1.29, 1.82) is 0 Å². The third-order valence-corrected chi connectivity index (χ3v) is 4.58. The van der Waals surface area contributed by atoms with E-state index in [4.69, 9.17) is 0 Å². The van der Waals surface area contributed by atoms with E-state index in [-0.39, 0.29) is 18.3 Å². The lowest BCUT2D eigenvalue weighted by molar-refractivity contribution is 0.102. The number of nitrogens with zero attached hydrogens (tertiary/aromatic N) is 4. The van der Waals surface area contributed by atoms with Crippen molar-refractivity contribution in [2.45, 2.75) is 32.7 Å². The van der Waals surface area contributed by atoms with E-state index in [0.29, 0.717) is 17.4 Å². The van der Waals surface area contributed by atoms with Crippen LogP contribution < -0.4 is 15.5 Å². The molecule has 0 saturated carbocycles. The smallest absolute Gasteiger partial charge is 0.276 e. The van der Waals surface area contributed by atoms with Crippen LogP contribution in [0.25, 0.3) is 0 Å². The van der Waals surface area contributed by atoms with Gasteiger partial charge in [-0.15, -0.1) is 12.4 Å². The maximum absolute atomic E-state index is 12.4. The van der Waals surface area contributed by atoms with Crippen LogP contribution in [0.15, 0.2) is 30.6 Å². The van der Waals surface area contributed by atoms with Crippen molar-refractivity contribution in [3.05, 3.63) is 36.3 Å². The van der Waals surface area contributed by atoms with Gasteiger partial charge in [-0.1, -0.05) is 0 Å². The van der Waals surface area contributed by atoms with Crippen LogP contribution >= 0.6 is 12.4 Å². The Hall–Kier alpha value is -2.12. The second-order valence-corrected chi connectivity index (χ2v) is 6.21. The van der Waals surface area contributed by atoms with Gasteiger partial charge in [-0.25, -0.2) is 4.98 Å². The summed E-state index contributed by atoms with van der Waals surface area (Å²) in [6.45, 7) is 7.96. The van der Waals surface area contributed by atoms with Gasteiger partial charge in [0.15, 0.2) is 5.69 Å². The lowest BCUT2D eigenvalue weighted by atomic mass is 10.1. The number of piperidine rings is 1. The topological polar surface area (TPSA) is 75.1 Å². The number of hydrogen-bond donors (Lipinski definition) is 2. The number of rotatable bonds is 6. The Kier molecular flexibility index (Phi) is 7.41. The Morgan fingerprint density at radius 2 is 2.15 bits per heavy atom. The molecule has 0 spiro atoms. The standard InChI is InChI=1S/C18H26N6O.ClH/c1-3-23(4-2)17-8-7-14(12-20-17)21-18(25)16-9-11-24(22-16)15-6-5-10-19-13-15;/h7-9,11-12,15,19H,3-6,10,13H2,1-2H3,(H,21,25);1H. The molecule has 8 heteroatoms. The molecule has 0 aliphatic carbocycles. The van der Waals surface area contributed by atoms with Gasteiger partial charge in [0.1, 0.15) is 5.82 Å². The zero-order valence-corrected chi connectivity index (χ0v) is 16.1. The van der Waals surface area contributed by atoms with E-state index in [1.807, 2.05) is 23.0 Å². The molecule has 1 aliphatic rings. The van der Waals surface area contributed by atoms with Crippen molar-refractivity contribution in [2.75, 3.05) is 36.4 Å². The second-order valence-electron chi connectivity index (χ2n) is 6.21. The average molecular weight is 379 g/mol. The minimum Gasteiger partial charge on any atom is -0.357 e. The maximum atomic E-state index is 12.4. The summed E-state index contributed by atoms with van der Waals surface area (Å²) in [5.41, 5.74) is 1.10. The summed E-state index contributed by atoms with van der Waals surface area (Å²) in [5, 5.41) is 10.7. The molecule has 0 radical (unpaired) electrons. The first-order chi connectivity index (χ1) is 12.2. The third-order valence-electron chi connectivity index (χ3n) is 4.58. The van der Waals surface area contributed by atoms with Gasteiger partial charge in [-0.3, -0.25) is 9.48 Å². The fourth-order valence-electron chi connectivity index (χ4n) is 3.11. The first kappa shape index (κ1) is 20.2. The van der Waals surface area contributed by atoms with Gasteiger partial charge in [-0.2, -0.15) is 5.10 Å². The number of hydrogen-bond acceptors (Lipinski definition) is 5. The van der Waals surface area contributed by atoms with Crippen LogP contribution in [0.3, 0.4) is 0 Å². The summed E-state index contributed by atoms with van der Waals surface area (Å²) in [7, 11) is 0. The van der Waals surface area contributed by atoms with Gasteiger partial charge >= 0.3 is 0 Å². The molecule has 142 valence electrons. The Balaban J connectivity index is 0.00000243. The summed E-state index contributed by atoms with van der Waals surface area (Å²) in [6, 6.07) is 5.89. The number of anilines is 2. The van der Waals surface area contributed by atoms with Crippen LogP contribution in [0.5, 0.6) is 0 Å². The van der Waals surface area contributed by atoms with Crippen molar-refractivity contribution in [2.24, 2.45) is 0 Å². The molecular formula is C18H27ClN6O. The highest BCUT2D eigenvalue weighted by Crippen LogP contribution is 2.17. The van der Waals surface area contributed by atoms with Gasteiger partial charge in [0.25, 0.3) is 5.91 Å². The number of carbonyl (C=O) groups is 1. The van der Waals surface area contributed by atoms with E-state index in [9.17, 15) is 4.79 Å². The van der Waals surface area contributed by atoms with Gasteiger partial charge < -0.3 is 15.5 Å². The number of pyridine rings is 1. The molecule has 1 atom stereocenters. The first-order valence-corrected chi connectivity index (χ1v) is 8.99. The monoisotopic (exact) mass is 378 g/mol. The molecule has 0 aromatic carbocycles. The van der Waals surface area contributed by atoms with E-state index in [0.717, 1.165) is 44.8 Å². The van der Waals surface area contributed by atoms with Crippen molar-refractivity contribution in [3.63, 3.8) is 0 Å². The summed E-state index contributed by atoms with van der Waals surface area (Å²) < 4.78 is 1.89. The van der Waals surface area contributed by atoms with E-state index in [2.05, 4.69) is 39.5 Å². The SMILES string of the molecule is CCN(CC)c1ccc(NC(=O)c2ccn(C3CCCNC3)n2)cn1.Cl. The molecule has 1 aliphatic heterocycles. The summed E-state index contributed by atoms with van der Waals surface area (Å²) in [6.07, 6.45) is 5.80. The molecule has 7 nitrogen and oxygen atoms in total. The van der Waals surface area contributed by atoms with Crippen LogP contribution in [0, 0.1) is 0 Å². The maximum Gasteiger partial charge on any atom is 0.276 e. The Labute approximate surface area is 160 Å². The molecule has 1 unspecified atom stereocenters. The van der Waals surface area contributed by atoms with Crippen LogP contribution in [-0.2, 0) is 0 Å². The van der Waals surface area contributed by atoms with E-state index in [1.54, 1.807) is 12.3 Å². The number of carbonyl (C=O) groups excluding carboxylic acids is 1. The molecule has 3 rings (SSSR count). The zero-order chi connectivity index (χ0) is 17.6. The molecule has 2 aromatic rings. The molecule has 1 fully saturated rings. The highest BCUT2D eigenvalue weighted by molar-refractivity contribution is 6.02. The minimum atomic E-state index is -0.208. The largest absolute Gasteiger partial charge is 0.357 e. The molecule has 1 saturated heterocycles. The summed E-state index contributed by atoms with van der Waals surface area (Å²) >= 11 is 0. The number of nitrogens with one attached hydrogen (secondary N) is 2. The number of amides is 1. The fourth-order valence-corrected chi connectivity index (χ4v) is 3.11. The highest BCUT2D eigenvalue weighted by Gasteiger charge is 2.18. The second kappa shape index (κ2) is 9.54. The molecule has 1 amide bonds. The van der Waals surface area contributed by atoms with Gasteiger partial charge in [0, 0.05) is 25.8 Å². The Morgan fingerprint density at radius 3 is 2.77 bits per heavy atom. The predicted molar refractivity (Wildman–Crippen MR) is 106 cm³/mol. The summed E-state index contributed by atoms with van der Waals surface area (Å²) in [5.74, 6) is 0.706. The van der Waals surface area contributed by atoms with Gasteiger partial charge in [0.05, 0.1) is 17.9 Å². The third kappa shape index (κ3) is 4.74. The lowest BCUT2D eigenvalue weighted by Crippen LogP contribution is -2.32. The average Bonchev–Trinajstić information content (AvgIpc) is 3.15. The number of aromatic nitrogens is 3. The van der Waals surface area contributed by atoms with E-state index >= 15 is 0 Å². The van der Waals surface area contributed by atoms with E-state index < -0.39 is 0 Å². The van der Waals surface area contributed by atoms with Crippen LogP contribution in [0.1, 0.15) is 43.2 Å². The van der Waals surface area contributed by atoms with Crippen molar-refractivity contribution in [1.82, 2.24) is 20.1 Å². The molecule has 2 aromatic heterocycles. The molecular weight excluding hydrogens is 352 g/mol. The van der Waals surface area contributed by atoms with Crippen molar-refractivity contribution in [3.8, 4) is 0 Å². The molecule has 3 heterocycles. The summed E-state index contributed by atoms with van der Waals surface area (Å²) in [4.78, 5) is 19.0.